The monoisotopic (exact) mass is 732 g/mol. The highest BCUT2D eigenvalue weighted by atomic mass is 16.5. The Morgan fingerprint density at radius 1 is 0.712 bits per heavy atom. The zero-order valence-corrected chi connectivity index (χ0v) is 35.7. The first kappa shape index (κ1) is 48.5. The van der Waals surface area contributed by atoms with Crippen LogP contribution in [-0.2, 0) is 23.9 Å². The fourth-order valence-corrected chi connectivity index (χ4v) is 7.32. The first-order chi connectivity index (χ1) is 24.9. The van der Waals surface area contributed by atoms with Gasteiger partial charge < -0.3 is 9.47 Å². The van der Waals surface area contributed by atoms with Crippen molar-refractivity contribution >= 4 is 17.5 Å². The molecule has 0 N–H and O–H groups in total. The Labute approximate surface area is 322 Å². The third kappa shape index (κ3) is 22.6. The quantitative estimate of drug-likeness (QED) is 0.0373. The highest BCUT2D eigenvalue weighted by Gasteiger charge is 2.32. The van der Waals surface area contributed by atoms with Crippen LogP contribution < -0.4 is 0 Å². The number of hydrogen-bond acceptors (Lipinski definition) is 6. The molecule has 1 saturated heterocycles. The van der Waals surface area contributed by atoms with Crippen LogP contribution in [0, 0.1) is 16.7 Å². The zero-order valence-electron chi connectivity index (χ0n) is 35.7. The molecular formula is C46H85NO5. The Bertz CT molecular complexity index is 958. The number of esters is 1. The SMILES string of the molecule is CCCCCCCC(CCCCCCC)OC(=O)C(C)(C)CCCCCCOC[C@@H]1C[C@H](/C=C\C(=O)CCCC)CN1CCCCC(C)(C)C(C)=O. The van der Waals surface area contributed by atoms with E-state index in [2.05, 4.69) is 59.4 Å². The second-order valence-corrected chi connectivity index (χ2v) is 17.5. The van der Waals surface area contributed by atoms with E-state index < -0.39 is 5.41 Å². The van der Waals surface area contributed by atoms with Gasteiger partial charge in [-0.3, -0.25) is 19.3 Å². The van der Waals surface area contributed by atoms with Gasteiger partial charge in [-0.05, 0) is 104 Å². The van der Waals surface area contributed by atoms with Crippen LogP contribution in [0.2, 0.25) is 0 Å². The van der Waals surface area contributed by atoms with Gasteiger partial charge in [-0.1, -0.05) is 124 Å². The van der Waals surface area contributed by atoms with Gasteiger partial charge in [-0.15, -0.1) is 0 Å². The van der Waals surface area contributed by atoms with Crippen molar-refractivity contribution in [3.63, 3.8) is 0 Å². The topological polar surface area (TPSA) is 72.9 Å². The molecule has 304 valence electrons. The van der Waals surface area contributed by atoms with Crippen molar-refractivity contribution in [2.45, 2.75) is 222 Å². The Hall–Kier alpha value is -1.53. The van der Waals surface area contributed by atoms with Crippen LogP contribution in [0.4, 0.5) is 0 Å². The molecule has 1 heterocycles. The summed E-state index contributed by atoms with van der Waals surface area (Å²) < 4.78 is 12.5. The van der Waals surface area contributed by atoms with Crippen LogP contribution in [0.3, 0.4) is 0 Å². The Kier molecular flexibility index (Phi) is 26.9. The molecule has 0 aromatic carbocycles. The maximum Gasteiger partial charge on any atom is 0.311 e. The van der Waals surface area contributed by atoms with E-state index in [1.165, 1.54) is 51.4 Å². The van der Waals surface area contributed by atoms with E-state index in [0.717, 1.165) is 123 Å². The molecule has 0 radical (unpaired) electrons. The van der Waals surface area contributed by atoms with Gasteiger partial charge in [0.15, 0.2) is 5.78 Å². The molecule has 0 saturated carbocycles. The van der Waals surface area contributed by atoms with Crippen molar-refractivity contribution in [3.8, 4) is 0 Å². The van der Waals surface area contributed by atoms with E-state index in [1.54, 1.807) is 6.92 Å². The minimum Gasteiger partial charge on any atom is -0.462 e. The number of carbonyl (C=O) groups excluding carboxylic acids is 3. The maximum atomic E-state index is 13.3. The van der Waals surface area contributed by atoms with Crippen molar-refractivity contribution in [3.05, 3.63) is 12.2 Å². The minimum atomic E-state index is -0.446. The molecular weight excluding hydrogens is 647 g/mol. The lowest BCUT2D eigenvalue weighted by atomic mass is 9.83. The Morgan fingerprint density at radius 2 is 1.27 bits per heavy atom. The summed E-state index contributed by atoms with van der Waals surface area (Å²) >= 11 is 0. The van der Waals surface area contributed by atoms with E-state index in [-0.39, 0.29) is 29.1 Å². The fraction of sp³-hybridized carbons (Fsp3) is 0.891. The number of ketones is 2. The summed E-state index contributed by atoms with van der Waals surface area (Å²) in [6.45, 7) is 20.0. The second-order valence-electron chi connectivity index (χ2n) is 17.5. The first-order valence-electron chi connectivity index (χ1n) is 22.1. The van der Waals surface area contributed by atoms with Gasteiger partial charge in [-0.2, -0.15) is 0 Å². The third-order valence-electron chi connectivity index (χ3n) is 11.6. The largest absolute Gasteiger partial charge is 0.462 e. The molecule has 0 bridgehead atoms. The van der Waals surface area contributed by atoms with Crippen molar-refractivity contribution in [1.82, 2.24) is 4.90 Å². The molecule has 2 atom stereocenters. The maximum absolute atomic E-state index is 13.3. The predicted molar refractivity (Wildman–Crippen MR) is 220 cm³/mol. The highest BCUT2D eigenvalue weighted by molar-refractivity contribution is 5.89. The van der Waals surface area contributed by atoms with Crippen LogP contribution in [0.15, 0.2) is 12.2 Å². The number of likely N-dealkylation sites (tertiary alicyclic amines) is 1. The molecule has 1 rings (SSSR count). The molecule has 1 aliphatic heterocycles. The average Bonchev–Trinajstić information content (AvgIpc) is 3.50. The van der Waals surface area contributed by atoms with Gasteiger partial charge in [0.05, 0.1) is 12.0 Å². The summed E-state index contributed by atoms with van der Waals surface area (Å²) in [5, 5.41) is 0. The van der Waals surface area contributed by atoms with Crippen molar-refractivity contribution in [2.75, 3.05) is 26.3 Å². The molecule has 0 amide bonds. The van der Waals surface area contributed by atoms with Crippen molar-refractivity contribution in [2.24, 2.45) is 16.7 Å². The second kappa shape index (κ2) is 28.9. The molecule has 0 aromatic rings. The zero-order chi connectivity index (χ0) is 38.7. The lowest BCUT2D eigenvalue weighted by Gasteiger charge is -2.27. The molecule has 0 aromatic heterocycles. The Morgan fingerprint density at radius 3 is 1.88 bits per heavy atom. The predicted octanol–water partition coefficient (Wildman–Crippen LogP) is 12.4. The summed E-state index contributed by atoms with van der Waals surface area (Å²) in [5.41, 5.74) is -0.696. The summed E-state index contributed by atoms with van der Waals surface area (Å²) in [5.74, 6) is 0.880. The van der Waals surface area contributed by atoms with Crippen molar-refractivity contribution in [1.29, 1.82) is 0 Å². The van der Waals surface area contributed by atoms with E-state index in [4.69, 9.17) is 9.47 Å². The summed E-state index contributed by atoms with van der Waals surface area (Å²) in [4.78, 5) is 40.1. The molecule has 0 unspecified atom stereocenters. The van der Waals surface area contributed by atoms with Crippen LogP contribution >= 0.6 is 0 Å². The summed E-state index contributed by atoms with van der Waals surface area (Å²) in [6.07, 6.45) is 30.4. The number of hydrogen-bond donors (Lipinski definition) is 0. The van der Waals surface area contributed by atoms with Gasteiger partial charge in [0.1, 0.15) is 11.9 Å². The van der Waals surface area contributed by atoms with Crippen LogP contribution in [-0.4, -0.2) is 60.9 Å². The number of ether oxygens (including phenoxy) is 2. The standard InChI is InChI=1S/C46H85NO5/c1-9-12-15-17-21-28-43(29-22-18-16-13-10-2)52-44(50)46(7,8)33-23-19-20-26-35-51-38-41-36-40(30-31-42(49)27-14-11-3)37-47(41)34-25-24-32-45(5,6)39(4)48/h30-31,40-41,43H,9-29,32-38H2,1-8H3/b31-30-/t40-,41-/m0/s1. The molecule has 1 fully saturated rings. The first-order valence-corrected chi connectivity index (χ1v) is 22.1. The van der Waals surface area contributed by atoms with E-state index in [9.17, 15) is 14.4 Å². The number of rotatable bonds is 34. The van der Waals surface area contributed by atoms with Gasteiger partial charge in [-0.25, -0.2) is 0 Å². The highest BCUT2D eigenvalue weighted by Crippen LogP contribution is 2.30. The number of unbranched alkanes of at least 4 members (excludes halogenated alkanes) is 13. The van der Waals surface area contributed by atoms with Crippen LogP contribution in [0.1, 0.15) is 209 Å². The Balaban J connectivity index is 2.48. The molecule has 1 aliphatic rings. The molecule has 0 spiro atoms. The molecule has 52 heavy (non-hydrogen) atoms. The summed E-state index contributed by atoms with van der Waals surface area (Å²) in [7, 11) is 0. The lowest BCUT2D eigenvalue weighted by molar-refractivity contribution is -0.161. The molecule has 6 nitrogen and oxygen atoms in total. The minimum absolute atomic E-state index is 0.00916. The molecule has 6 heteroatoms. The number of carbonyl (C=O) groups is 3. The van der Waals surface area contributed by atoms with E-state index in [1.807, 2.05) is 6.08 Å². The number of Topliss-reactive ketones (excluding diaryl/α,β-unsaturated/α-hetero) is 1. The van der Waals surface area contributed by atoms with Crippen LogP contribution in [0.25, 0.3) is 0 Å². The average molecular weight is 732 g/mol. The lowest BCUT2D eigenvalue weighted by Crippen LogP contribution is -2.34. The normalized spacial score (nSPS) is 17.1. The number of allylic oxidation sites excluding steroid dienone is 1. The van der Waals surface area contributed by atoms with Gasteiger partial charge in [0, 0.05) is 31.0 Å². The van der Waals surface area contributed by atoms with E-state index >= 15 is 0 Å². The van der Waals surface area contributed by atoms with Gasteiger partial charge >= 0.3 is 5.97 Å². The van der Waals surface area contributed by atoms with Crippen molar-refractivity contribution < 1.29 is 23.9 Å². The van der Waals surface area contributed by atoms with Gasteiger partial charge in [0.25, 0.3) is 0 Å². The van der Waals surface area contributed by atoms with Gasteiger partial charge in [0.2, 0.25) is 0 Å². The smallest absolute Gasteiger partial charge is 0.311 e. The molecule has 0 aliphatic carbocycles. The third-order valence-corrected chi connectivity index (χ3v) is 11.6. The fourth-order valence-electron chi connectivity index (χ4n) is 7.32. The summed E-state index contributed by atoms with van der Waals surface area (Å²) in [6, 6.07) is 0.365. The van der Waals surface area contributed by atoms with Crippen LogP contribution in [0.5, 0.6) is 0 Å². The van der Waals surface area contributed by atoms with E-state index in [0.29, 0.717) is 18.4 Å². The number of nitrogens with zero attached hydrogens (tertiary/aromatic N) is 1.